The molecule has 2 aromatic rings. The first kappa shape index (κ1) is 15.9. The minimum atomic E-state index is -0.287. The Kier molecular flexibility index (Phi) is 5.42. The molecule has 0 spiro atoms. The number of carbonyl (C=O) groups excluding carboxylic acids is 2. The summed E-state index contributed by atoms with van der Waals surface area (Å²) in [5, 5.41) is 11.7. The van der Waals surface area contributed by atoms with Crippen LogP contribution in [0.1, 0.15) is 28.2 Å². The number of anilines is 2. The van der Waals surface area contributed by atoms with E-state index in [1.165, 1.54) is 18.4 Å². The van der Waals surface area contributed by atoms with Gasteiger partial charge in [0, 0.05) is 24.1 Å². The van der Waals surface area contributed by atoms with E-state index < -0.39 is 0 Å². The van der Waals surface area contributed by atoms with Crippen molar-refractivity contribution in [3.63, 3.8) is 0 Å². The van der Waals surface area contributed by atoms with E-state index in [2.05, 4.69) is 20.3 Å². The first-order valence-electron chi connectivity index (χ1n) is 6.64. The summed E-state index contributed by atoms with van der Waals surface area (Å²) < 4.78 is 4.57. The number of hydrogen-bond donors (Lipinski definition) is 2. The highest BCUT2D eigenvalue weighted by Gasteiger charge is 2.11. The van der Waals surface area contributed by atoms with Crippen molar-refractivity contribution in [2.45, 2.75) is 19.3 Å². The van der Waals surface area contributed by atoms with Crippen LogP contribution in [-0.2, 0) is 16.0 Å². The standard InChI is InChI=1S/C14H16N4O3S/c1-21-12(19)7-3-6-11-17-18-14(22-11)16-13(20)9-4-2-5-10(15)8-9/h2,4-5,8H,3,6-7,15H2,1H3,(H,16,18,20). The number of carbonyl (C=O) groups is 2. The smallest absolute Gasteiger partial charge is 0.305 e. The van der Waals surface area contributed by atoms with Crippen LogP contribution in [0, 0.1) is 0 Å². The van der Waals surface area contributed by atoms with Crippen LogP contribution in [0.25, 0.3) is 0 Å². The van der Waals surface area contributed by atoms with Gasteiger partial charge in [-0.2, -0.15) is 0 Å². The maximum absolute atomic E-state index is 12.0. The molecule has 0 bridgehead atoms. The Morgan fingerprint density at radius 2 is 2.18 bits per heavy atom. The molecule has 1 amide bonds. The number of nitrogens with two attached hydrogens (primary N) is 1. The van der Waals surface area contributed by atoms with Crippen LogP contribution in [0.4, 0.5) is 10.8 Å². The van der Waals surface area contributed by atoms with Gasteiger partial charge in [-0.25, -0.2) is 0 Å². The van der Waals surface area contributed by atoms with Gasteiger partial charge in [0.05, 0.1) is 7.11 Å². The van der Waals surface area contributed by atoms with E-state index in [-0.39, 0.29) is 11.9 Å². The van der Waals surface area contributed by atoms with Crippen LogP contribution in [0.2, 0.25) is 0 Å². The Bertz CT molecular complexity index is 672. The normalized spacial score (nSPS) is 10.2. The van der Waals surface area contributed by atoms with Crippen molar-refractivity contribution < 1.29 is 14.3 Å². The van der Waals surface area contributed by atoms with E-state index in [1.807, 2.05) is 0 Å². The maximum atomic E-state index is 12.0. The summed E-state index contributed by atoms with van der Waals surface area (Å²) in [6.07, 6.45) is 1.58. The zero-order valence-electron chi connectivity index (χ0n) is 12.0. The quantitative estimate of drug-likeness (QED) is 0.621. The molecule has 0 radical (unpaired) electrons. The number of aromatic nitrogens is 2. The van der Waals surface area contributed by atoms with Crippen LogP contribution in [-0.4, -0.2) is 29.2 Å². The van der Waals surface area contributed by atoms with Crippen LogP contribution < -0.4 is 11.1 Å². The molecule has 22 heavy (non-hydrogen) atoms. The van der Waals surface area contributed by atoms with Crippen molar-refractivity contribution in [2.24, 2.45) is 0 Å². The topological polar surface area (TPSA) is 107 Å². The zero-order chi connectivity index (χ0) is 15.9. The van der Waals surface area contributed by atoms with Gasteiger partial charge in [0.2, 0.25) is 5.13 Å². The zero-order valence-corrected chi connectivity index (χ0v) is 12.9. The Morgan fingerprint density at radius 1 is 1.36 bits per heavy atom. The lowest BCUT2D eigenvalue weighted by atomic mass is 10.2. The fourth-order valence-electron chi connectivity index (χ4n) is 1.74. The van der Waals surface area contributed by atoms with E-state index >= 15 is 0 Å². The monoisotopic (exact) mass is 320 g/mol. The molecular weight excluding hydrogens is 304 g/mol. The lowest BCUT2D eigenvalue weighted by Crippen LogP contribution is -2.11. The van der Waals surface area contributed by atoms with Crippen molar-refractivity contribution >= 4 is 34.0 Å². The average Bonchev–Trinajstić information content (AvgIpc) is 2.94. The molecule has 0 aliphatic carbocycles. The molecular formula is C14H16N4O3S. The molecule has 2 rings (SSSR count). The van der Waals surface area contributed by atoms with Crippen molar-refractivity contribution in [3.8, 4) is 0 Å². The third-order valence-corrected chi connectivity index (χ3v) is 3.73. The summed E-state index contributed by atoms with van der Waals surface area (Å²) in [6.45, 7) is 0. The first-order chi connectivity index (χ1) is 10.6. The Morgan fingerprint density at radius 3 is 2.91 bits per heavy atom. The number of hydrogen-bond acceptors (Lipinski definition) is 7. The van der Waals surface area contributed by atoms with Crippen molar-refractivity contribution in [1.82, 2.24) is 10.2 Å². The molecule has 0 unspecified atom stereocenters. The lowest BCUT2D eigenvalue weighted by molar-refractivity contribution is -0.140. The molecule has 1 aromatic carbocycles. The molecule has 0 fully saturated rings. The molecule has 3 N–H and O–H groups in total. The highest BCUT2D eigenvalue weighted by atomic mass is 32.1. The molecule has 1 heterocycles. The molecule has 7 nitrogen and oxygen atoms in total. The van der Waals surface area contributed by atoms with Gasteiger partial charge in [0.1, 0.15) is 5.01 Å². The summed E-state index contributed by atoms with van der Waals surface area (Å²) >= 11 is 1.28. The number of nitrogens with one attached hydrogen (secondary N) is 1. The molecule has 0 aliphatic heterocycles. The van der Waals surface area contributed by atoms with Crippen LogP contribution >= 0.6 is 11.3 Å². The molecule has 0 atom stereocenters. The molecule has 1 aromatic heterocycles. The maximum Gasteiger partial charge on any atom is 0.305 e. The van der Waals surface area contributed by atoms with Gasteiger partial charge < -0.3 is 10.5 Å². The number of nitrogen functional groups attached to an aromatic ring is 1. The summed E-state index contributed by atoms with van der Waals surface area (Å²) in [5.74, 6) is -0.538. The first-order valence-corrected chi connectivity index (χ1v) is 7.46. The summed E-state index contributed by atoms with van der Waals surface area (Å²) in [6, 6.07) is 6.68. The Balaban J connectivity index is 1.89. The van der Waals surface area contributed by atoms with E-state index in [4.69, 9.17) is 5.73 Å². The van der Waals surface area contributed by atoms with Gasteiger partial charge in [0.15, 0.2) is 0 Å². The third kappa shape index (κ3) is 4.52. The highest BCUT2D eigenvalue weighted by Crippen LogP contribution is 2.18. The second kappa shape index (κ2) is 7.51. The van der Waals surface area contributed by atoms with Gasteiger partial charge in [-0.3, -0.25) is 14.9 Å². The number of amides is 1. The molecule has 0 saturated heterocycles. The minimum Gasteiger partial charge on any atom is -0.469 e. The van der Waals surface area contributed by atoms with Crippen LogP contribution in [0.3, 0.4) is 0 Å². The van der Waals surface area contributed by atoms with Crippen molar-refractivity contribution in [1.29, 1.82) is 0 Å². The Labute approximate surface area is 131 Å². The number of nitrogens with zero attached hydrogens (tertiary/aromatic N) is 2. The van der Waals surface area contributed by atoms with Gasteiger partial charge in [-0.1, -0.05) is 17.4 Å². The van der Waals surface area contributed by atoms with E-state index in [0.29, 0.717) is 35.6 Å². The molecule has 0 aliphatic rings. The van der Waals surface area contributed by atoms with Crippen LogP contribution in [0.15, 0.2) is 24.3 Å². The second-order valence-corrected chi connectivity index (χ2v) is 5.57. The number of esters is 1. The van der Waals surface area contributed by atoms with Crippen molar-refractivity contribution in [3.05, 3.63) is 34.8 Å². The second-order valence-electron chi connectivity index (χ2n) is 4.51. The SMILES string of the molecule is COC(=O)CCCc1nnc(NC(=O)c2cccc(N)c2)s1. The Hall–Kier alpha value is -2.48. The predicted molar refractivity (Wildman–Crippen MR) is 83.7 cm³/mol. The number of aryl methyl sites for hydroxylation is 1. The number of methoxy groups -OCH3 is 1. The van der Waals surface area contributed by atoms with E-state index in [9.17, 15) is 9.59 Å². The highest BCUT2D eigenvalue weighted by molar-refractivity contribution is 7.15. The summed E-state index contributed by atoms with van der Waals surface area (Å²) in [5.41, 5.74) is 6.62. The van der Waals surface area contributed by atoms with Gasteiger partial charge in [-0.05, 0) is 24.6 Å². The van der Waals surface area contributed by atoms with E-state index in [1.54, 1.807) is 24.3 Å². The number of ether oxygens (including phenoxy) is 1. The lowest BCUT2D eigenvalue weighted by Gasteiger charge is -2.01. The summed E-state index contributed by atoms with van der Waals surface area (Å²) in [4.78, 5) is 23.0. The predicted octanol–water partition coefficient (Wildman–Crippen LogP) is 1.87. The van der Waals surface area contributed by atoms with E-state index in [0.717, 1.165) is 5.01 Å². The number of benzene rings is 1. The average molecular weight is 320 g/mol. The van der Waals surface area contributed by atoms with Gasteiger partial charge >= 0.3 is 5.97 Å². The van der Waals surface area contributed by atoms with Crippen molar-refractivity contribution in [2.75, 3.05) is 18.2 Å². The molecule has 8 heteroatoms. The fraction of sp³-hybridized carbons (Fsp3) is 0.286. The third-order valence-electron chi connectivity index (χ3n) is 2.84. The number of rotatable bonds is 6. The minimum absolute atomic E-state index is 0.250. The molecule has 0 saturated carbocycles. The largest absolute Gasteiger partial charge is 0.469 e. The van der Waals surface area contributed by atoms with Gasteiger partial charge in [0.25, 0.3) is 5.91 Å². The van der Waals surface area contributed by atoms with Crippen LogP contribution in [0.5, 0.6) is 0 Å². The summed E-state index contributed by atoms with van der Waals surface area (Å²) in [7, 11) is 1.36. The fourth-order valence-corrected chi connectivity index (χ4v) is 2.52. The molecule has 116 valence electrons. The van der Waals surface area contributed by atoms with Gasteiger partial charge in [-0.15, -0.1) is 10.2 Å².